The molecule has 100 valence electrons. The van der Waals surface area contributed by atoms with E-state index in [0.29, 0.717) is 17.1 Å². The summed E-state index contributed by atoms with van der Waals surface area (Å²) in [6, 6.07) is 6.64. The third-order valence-corrected chi connectivity index (χ3v) is 3.18. The van der Waals surface area contributed by atoms with Crippen LogP contribution in [0.15, 0.2) is 24.3 Å². The van der Waals surface area contributed by atoms with Gasteiger partial charge in [-0.15, -0.1) is 0 Å². The highest BCUT2D eigenvalue weighted by atomic mass is 35.5. The van der Waals surface area contributed by atoms with Crippen molar-refractivity contribution in [2.75, 3.05) is 5.32 Å². The van der Waals surface area contributed by atoms with Crippen LogP contribution in [-0.4, -0.2) is 17.1 Å². The molecule has 0 aliphatic heterocycles. The first-order chi connectivity index (χ1) is 8.65. The first-order valence-electron chi connectivity index (χ1n) is 6.39. The summed E-state index contributed by atoms with van der Waals surface area (Å²) in [5, 5.41) is 12.7. The van der Waals surface area contributed by atoms with E-state index in [2.05, 4.69) is 12.2 Å². The fraction of sp³-hybridized carbons (Fsp3) is 0.500. The van der Waals surface area contributed by atoms with Gasteiger partial charge < -0.3 is 10.4 Å². The quantitative estimate of drug-likeness (QED) is 0.696. The number of hydrogen-bond acceptors (Lipinski definition) is 2. The van der Waals surface area contributed by atoms with Crippen LogP contribution in [0, 0.1) is 0 Å². The highest BCUT2D eigenvalue weighted by Crippen LogP contribution is 2.22. The summed E-state index contributed by atoms with van der Waals surface area (Å²) in [5.74, 6) is -0.827. The summed E-state index contributed by atoms with van der Waals surface area (Å²) in [7, 11) is 0. The molecule has 0 saturated carbocycles. The predicted molar refractivity (Wildman–Crippen MR) is 75.3 cm³/mol. The number of aliphatic carboxylic acids is 1. The minimum Gasteiger partial charge on any atom is -0.480 e. The number of carboxylic acids is 1. The van der Waals surface area contributed by atoms with Gasteiger partial charge in [0, 0.05) is 0 Å². The maximum atomic E-state index is 11.2. The molecule has 0 radical (unpaired) electrons. The topological polar surface area (TPSA) is 49.3 Å². The number of benzene rings is 1. The Morgan fingerprint density at radius 2 is 2.06 bits per heavy atom. The Hall–Kier alpha value is -1.22. The monoisotopic (exact) mass is 269 g/mol. The van der Waals surface area contributed by atoms with Crippen molar-refractivity contribution in [3.8, 4) is 0 Å². The van der Waals surface area contributed by atoms with Gasteiger partial charge in [0.25, 0.3) is 0 Å². The first-order valence-corrected chi connectivity index (χ1v) is 6.76. The second-order valence-corrected chi connectivity index (χ2v) is 4.77. The molecule has 3 nitrogen and oxygen atoms in total. The Morgan fingerprint density at radius 3 is 2.67 bits per heavy atom. The molecular formula is C14H20ClNO2. The number of unbranched alkanes of at least 4 members (excludes halogenated alkanes) is 3. The molecule has 1 aromatic rings. The smallest absolute Gasteiger partial charge is 0.326 e. The lowest BCUT2D eigenvalue weighted by molar-refractivity contribution is -0.138. The van der Waals surface area contributed by atoms with Crippen molar-refractivity contribution >= 4 is 23.3 Å². The molecule has 18 heavy (non-hydrogen) atoms. The van der Waals surface area contributed by atoms with Crippen molar-refractivity contribution in [1.29, 1.82) is 0 Å². The van der Waals surface area contributed by atoms with Crippen molar-refractivity contribution in [2.45, 2.75) is 45.1 Å². The van der Waals surface area contributed by atoms with Crippen molar-refractivity contribution in [3.05, 3.63) is 29.3 Å². The molecule has 0 aromatic heterocycles. The maximum absolute atomic E-state index is 11.2. The van der Waals surface area contributed by atoms with Crippen molar-refractivity contribution in [2.24, 2.45) is 0 Å². The number of carbonyl (C=O) groups is 1. The fourth-order valence-electron chi connectivity index (χ4n) is 1.80. The number of anilines is 1. The van der Waals surface area contributed by atoms with Crippen LogP contribution >= 0.6 is 11.6 Å². The molecule has 0 aliphatic carbocycles. The molecule has 0 aliphatic rings. The zero-order chi connectivity index (χ0) is 13.4. The van der Waals surface area contributed by atoms with E-state index in [9.17, 15) is 9.90 Å². The average molecular weight is 270 g/mol. The Morgan fingerprint density at radius 1 is 1.33 bits per heavy atom. The average Bonchev–Trinajstić information content (AvgIpc) is 2.35. The van der Waals surface area contributed by atoms with Crippen LogP contribution in [0.5, 0.6) is 0 Å². The van der Waals surface area contributed by atoms with Crippen molar-refractivity contribution in [1.82, 2.24) is 0 Å². The summed E-state index contributed by atoms with van der Waals surface area (Å²) in [6.07, 6.45) is 4.92. The Labute approximate surface area is 113 Å². The molecule has 1 atom stereocenters. The molecule has 0 heterocycles. The van der Waals surface area contributed by atoms with Gasteiger partial charge in [-0.3, -0.25) is 0 Å². The van der Waals surface area contributed by atoms with E-state index in [0.717, 1.165) is 25.7 Å². The van der Waals surface area contributed by atoms with Gasteiger partial charge in [-0.05, 0) is 18.6 Å². The molecular weight excluding hydrogens is 250 g/mol. The van der Waals surface area contributed by atoms with Crippen LogP contribution in [0.3, 0.4) is 0 Å². The summed E-state index contributed by atoms with van der Waals surface area (Å²) in [5.41, 5.74) is 0.682. The lowest BCUT2D eigenvalue weighted by Crippen LogP contribution is -2.29. The second-order valence-electron chi connectivity index (χ2n) is 4.36. The molecule has 2 N–H and O–H groups in total. The van der Waals surface area contributed by atoms with Crippen LogP contribution < -0.4 is 5.32 Å². The first kappa shape index (κ1) is 14.8. The highest BCUT2D eigenvalue weighted by Gasteiger charge is 2.17. The Bertz CT molecular complexity index is 382. The SMILES string of the molecule is CCCCCCC(Nc1ccccc1Cl)C(=O)O. The fourth-order valence-corrected chi connectivity index (χ4v) is 1.99. The number of rotatable bonds is 8. The molecule has 0 bridgehead atoms. The molecule has 0 amide bonds. The lowest BCUT2D eigenvalue weighted by atomic mass is 10.1. The molecule has 1 aromatic carbocycles. The summed E-state index contributed by atoms with van der Waals surface area (Å²) in [6.45, 7) is 2.14. The minimum atomic E-state index is -0.827. The van der Waals surface area contributed by atoms with Crippen LogP contribution in [0.2, 0.25) is 5.02 Å². The van der Waals surface area contributed by atoms with Gasteiger partial charge in [0.15, 0.2) is 0 Å². The molecule has 0 saturated heterocycles. The molecule has 4 heteroatoms. The van der Waals surface area contributed by atoms with Crippen LogP contribution in [0.1, 0.15) is 39.0 Å². The minimum absolute atomic E-state index is 0.553. The van der Waals surface area contributed by atoms with Crippen LogP contribution in [0.25, 0.3) is 0 Å². The largest absolute Gasteiger partial charge is 0.480 e. The Kier molecular flexibility index (Phi) is 6.58. The van der Waals surface area contributed by atoms with E-state index < -0.39 is 12.0 Å². The molecule has 0 spiro atoms. The predicted octanol–water partition coefficient (Wildman–Crippen LogP) is 4.18. The van der Waals surface area contributed by atoms with Crippen LogP contribution in [0.4, 0.5) is 5.69 Å². The molecule has 1 unspecified atom stereocenters. The van der Waals surface area contributed by atoms with Crippen molar-refractivity contribution in [3.63, 3.8) is 0 Å². The van der Waals surface area contributed by atoms with E-state index in [1.165, 1.54) is 0 Å². The summed E-state index contributed by atoms with van der Waals surface area (Å²) in [4.78, 5) is 11.2. The van der Waals surface area contributed by atoms with E-state index in [-0.39, 0.29) is 0 Å². The van der Waals surface area contributed by atoms with E-state index >= 15 is 0 Å². The van der Waals surface area contributed by atoms with E-state index in [1.807, 2.05) is 12.1 Å². The zero-order valence-electron chi connectivity index (χ0n) is 10.7. The van der Waals surface area contributed by atoms with Gasteiger partial charge in [-0.1, -0.05) is 56.3 Å². The van der Waals surface area contributed by atoms with E-state index in [1.54, 1.807) is 12.1 Å². The number of hydrogen-bond donors (Lipinski definition) is 2. The normalized spacial score (nSPS) is 12.1. The molecule has 0 fully saturated rings. The standard InChI is InChI=1S/C14H20ClNO2/c1-2-3-4-5-10-13(14(17)18)16-12-9-7-6-8-11(12)15/h6-9,13,16H,2-5,10H2,1H3,(H,17,18). The highest BCUT2D eigenvalue weighted by molar-refractivity contribution is 6.33. The van der Waals surface area contributed by atoms with Gasteiger partial charge in [0.1, 0.15) is 6.04 Å². The summed E-state index contributed by atoms with van der Waals surface area (Å²) < 4.78 is 0. The van der Waals surface area contributed by atoms with Crippen LogP contribution in [-0.2, 0) is 4.79 Å². The number of carboxylic acid groups (broad SMARTS) is 1. The van der Waals surface area contributed by atoms with E-state index in [4.69, 9.17) is 11.6 Å². The van der Waals surface area contributed by atoms with Gasteiger partial charge >= 0.3 is 5.97 Å². The molecule has 1 rings (SSSR count). The summed E-state index contributed by atoms with van der Waals surface area (Å²) >= 11 is 6.00. The number of halogens is 1. The lowest BCUT2D eigenvalue weighted by Gasteiger charge is -2.16. The second kappa shape index (κ2) is 7.98. The third kappa shape index (κ3) is 4.96. The number of para-hydroxylation sites is 1. The third-order valence-electron chi connectivity index (χ3n) is 2.85. The zero-order valence-corrected chi connectivity index (χ0v) is 11.4. The number of nitrogens with one attached hydrogen (secondary N) is 1. The van der Waals surface area contributed by atoms with Gasteiger partial charge in [0.2, 0.25) is 0 Å². The van der Waals surface area contributed by atoms with Crippen molar-refractivity contribution < 1.29 is 9.90 Å². The van der Waals surface area contributed by atoms with Gasteiger partial charge in [-0.25, -0.2) is 4.79 Å². The maximum Gasteiger partial charge on any atom is 0.326 e. The van der Waals surface area contributed by atoms with Gasteiger partial charge in [-0.2, -0.15) is 0 Å². The Balaban J connectivity index is 2.53. The van der Waals surface area contributed by atoms with Gasteiger partial charge in [0.05, 0.1) is 10.7 Å².